The Morgan fingerprint density at radius 2 is 2.16 bits per heavy atom. The van der Waals surface area contributed by atoms with Crippen LogP contribution in [0.1, 0.15) is 23.7 Å². The second-order valence-electron chi connectivity index (χ2n) is 3.81. The zero-order valence-electron chi connectivity index (χ0n) is 10.4. The van der Waals surface area contributed by atoms with E-state index in [1.54, 1.807) is 0 Å². The first-order valence-electron chi connectivity index (χ1n) is 5.67. The monoisotopic (exact) mass is 346 g/mol. The van der Waals surface area contributed by atoms with Gasteiger partial charge < -0.3 is 16.2 Å². The third-order valence-corrected chi connectivity index (χ3v) is 4.24. The van der Waals surface area contributed by atoms with Gasteiger partial charge in [-0.15, -0.1) is 11.8 Å². The molecule has 0 bridgehead atoms. The van der Waals surface area contributed by atoms with Crippen molar-refractivity contribution in [3.05, 3.63) is 22.2 Å². The van der Waals surface area contributed by atoms with Crippen molar-refractivity contribution in [1.82, 2.24) is 5.32 Å². The van der Waals surface area contributed by atoms with Crippen molar-refractivity contribution in [3.63, 3.8) is 0 Å². The average molecular weight is 347 g/mol. The summed E-state index contributed by atoms with van der Waals surface area (Å²) in [7, 11) is 0. The second-order valence-corrected chi connectivity index (χ2v) is 5.69. The summed E-state index contributed by atoms with van der Waals surface area (Å²) in [5, 5.41) is 11.7. The van der Waals surface area contributed by atoms with Gasteiger partial charge in [0, 0.05) is 21.6 Å². The van der Waals surface area contributed by atoms with Crippen molar-refractivity contribution in [2.45, 2.75) is 18.2 Å². The van der Waals surface area contributed by atoms with E-state index in [1.165, 1.54) is 23.9 Å². The van der Waals surface area contributed by atoms with Crippen molar-refractivity contribution in [3.8, 4) is 0 Å². The fourth-order valence-corrected chi connectivity index (χ4v) is 2.81. The summed E-state index contributed by atoms with van der Waals surface area (Å²) in [6.45, 7) is 2.62. The molecule has 1 aromatic rings. The molecule has 0 aromatic heterocycles. The van der Waals surface area contributed by atoms with Gasteiger partial charge in [0.05, 0.1) is 11.3 Å². The lowest BCUT2D eigenvalue weighted by molar-refractivity contribution is -0.118. The Balaban J connectivity index is 2.75. The third-order valence-electron chi connectivity index (χ3n) is 2.27. The largest absolute Gasteiger partial charge is 0.478 e. The number of thioether (sulfide) groups is 1. The number of hydrogen-bond acceptors (Lipinski definition) is 4. The SMILES string of the molecule is CCCNC(=O)CSc1cc(C(=O)O)c(N)cc1Br. The van der Waals surface area contributed by atoms with Crippen LogP contribution >= 0.6 is 27.7 Å². The number of halogens is 1. The predicted octanol–water partition coefficient (Wildman–Crippen LogP) is 2.35. The minimum absolute atomic E-state index is 0.0414. The number of carbonyl (C=O) groups is 2. The number of hydrogen-bond donors (Lipinski definition) is 3. The van der Waals surface area contributed by atoms with Crippen LogP contribution in [0, 0.1) is 0 Å². The van der Waals surface area contributed by atoms with Gasteiger partial charge in [-0.1, -0.05) is 6.92 Å². The fraction of sp³-hybridized carbons (Fsp3) is 0.333. The van der Waals surface area contributed by atoms with Crippen LogP contribution in [0.2, 0.25) is 0 Å². The summed E-state index contributed by atoms with van der Waals surface area (Å²) in [6, 6.07) is 3.01. The third kappa shape index (κ3) is 4.76. The number of carbonyl (C=O) groups excluding carboxylic acids is 1. The first kappa shape index (κ1) is 15.8. The summed E-state index contributed by atoms with van der Waals surface area (Å²) in [6.07, 6.45) is 0.880. The molecular weight excluding hydrogens is 332 g/mol. The van der Waals surface area contributed by atoms with E-state index in [-0.39, 0.29) is 22.9 Å². The molecule has 1 aromatic carbocycles. The van der Waals surface area contributed by atoms with Crippen LogP contribution in [-0.4, -0.2) is 29.3 Å². The highest BCUT2D eigenvalue weighted by molar-refractivity contribution is 9.10. The van der Waals surface area contributed by atoms with E-state index < -0.39 is 5.97 Å². The number of carboxylic acids is 1. The van der Waals surface area contributed by atoms with Crippen LogP contribution < -0.4 is 11.1 Å². The second kappa shape index (κ2) is 7.40. The molecule has 0 radical (unpaired) electrons. The van der Waals surface area contributed by atoms with E-state index in [9.17, 15) is 9.59 Å². The molecule has 5 nitrogen and oxygen atoms in total. The minimum atomic E-state index is -1.08. The van der Waals surface area contributed by atoms with Crippen LogP contribution in [0.3, 0.4) is 0 Å². The normalized spacial score (nSPS) is 10.2. The molecule has 0 unspecified atom stereocenters. The Morgan fingerprint density at radius 3 is 2.74 bits per heavy atom. The number of nitrogens with two attached hydrogens (primary N) is 1. The van der Waals surface area contributed by atoms with E-state index in [0.29, 0.717) is 15.9 Å². The Kier molecular flexibility index (Phi) is 6.17. The van der Waals surface area contributed by atoms with Gasteiger partial charge in [-0.3, -0.25) is 4.79 Å². The smallest absolute Gasteiger partial charge is 0.337 e. The molecule has 0 saturated heterocycles. The summed E-state index contributed by atoms with van der Waals surface area (Å²) in [5.41, 5.74) is 5.85. The number of amides is 1. The number of nitrogen functional groups attached to an aromatic ring is 1. The maximum absolute atomic E-state index is 11.5. The van der Waals surface area contributed by atoms with Crippen molar-refractivity contribution in [2.24, 2.45) is 0 Å². The maximum Gasteiger partial charge on any atom is 0.337 e. The van der Waals surface area contributed by atoms with Crippen LogP contribution in [0.5, 0.6) is 0 Å². The van der Waals surface area contributed by atoms with Crippen molar-refractivity contribution in [2.75, 3.05) is 18.0 Å². The van der Waals surface area contributed by atoms with E-state index in [1.807, 2.05) is 6.92 Å². The van der Waals surface area contributed by atoms with Gasteiger partial charge in [-0.25, -0.2) is 4.79 Å². The maximum atomic E-state index is 11.5. The van der Waals surface area contributed by atoms with Crippen LogP contribution in [0.15, 0.2) is 21.5 Å². The molecule has 0 saturated carbocycles. The van der Waals surface area contributed by atoms with E-state index in [4.69, 9.17) is 10.8 Å². The number of nitrogens with one attached hydrogen (secondary N) is 1. The Labute approximate surface area is 124 Å². The highest BCUT2D eigenvalue weighted by Gasteiger charge is 2.13. The number of anilines is 1. The molecule has 19 heavy (non-hydrogen) atoms. The minimum Gasteiger partial charge on any atom is -0.478 e. The molecule has 0 fully saturated rings. The zero-order valence-corrected chi connectivity index (χ0v) is 12.8. The summed E-state index contributed by atoms with van der Waals surface area (Å²) in [4.78, 5) is 23.1. The van der Waals surface area contributed by atoms with Gasteiger partial charge >= 0.3 is 5.97 Å². The van der Waals surface area contributed by atoms with E-state index in [0.717, 1.165) is 6.42 Å². The molecule has 0 aliphatic carbocycles. The van der Waals surface area contributed by atoms with E-state index >= 15 is 0 Å². The fourth-order valence-electron chi connectivity index (χ4n) is 1.32. The average Bonchev–Trinajstić information content (AvgIpc) is 2.34. The molecule has 4 N–H and O–H groups in total. The van der Waals surface area contributed by atoms with Gasteiger partial charge in [-0.2, -0.15) is 0 Å². The molecule has 0 spiro atoms. The van der Waals surface area contributed by atoms with Crippen LogP contribution in [-0.2, 0) is 4.79 Å². The lowest BCUT2D eigenvalue weighted by atomic mass is 10.2. The first-order chi connectivity index (χ1) is 8.95. The molecular formula is C12H15BrN2O3S. The summed E-state index contributed by atoms with van der Waals surface area (Å²) < 4.78 is 0.684. The van der Waals surface area contributed by atoms with Gasteiger partial charge in [0.2, 0.25) is 5.91 Å². The highest BCUT2D eigenvalue weighted by Crippen LogP contribution is 2.31. The Morgan fingerprint density at radius 1 is 1.47 bits per heavy atom. The number of benzene rings is 1. The molecule has 0 aliphatic heterocycles. The van der Waals surface area contributed by atoms with E-state index in [2.05, 4.69) is 21.2 Å². The summed E-state index contributed by atoms with van der Waals surface area (Å²) in [5.74, 6) is -0.920. The Bertz CT molecular complexity index is 494. The van der Waals surface area contributed by atoms with Gasteiger partial charge in [0.1, 0.15) is 0 Å². The van der Waals surface area contributed by atoms with Crippen molar-refractivity contribution >= 4 is 45.3 Å². The molecule has 1 amide bonds. The van der Waals surface area contributed by atoms with Crippen LogP contribution in [0.4, 0.5) is 5.69 Å². The zero-order chi connectivity index (χ0) is 14.4. The quantitative estimate of drug-likeness (QED) is 0.543. The standard InChI is InChI=1S/C12H15BrN2O3S/c1-2-3-15-11(16)6-19-10-4-7(12(17)18)9(14)5-8(10)13/h4-5H,2-3,6,14H2,1H3,(H,15,16)(H,17,18). The number of carboxylic acid groups (broad SMARTS) is 1. The highest BCUT2D eigenvalue weighted by atomic mass is 79.9. The lowest BCUT2D eigenvalue weighted by Gasteiger charge is -2.08. The Hall–Kier alpha value is -1.21. The topological polar surface area (TPSA) is 92.4 Å². The molecule has 0 heterocycles. The molecule has 0 aliphatic rings. The molecule has 0 atom stereocenters. The lowest BCUT2D eigenvalue weighted by Crippen LogP contribution is -2.25. The van der Waals surface area contributed by atoms with Gasteiger partial charge in [-0.05, 0) is 34.5 Å². The molecule has 104 valence electrons. The number of rotatable bonds is 6. The van der Waals surface area contributed by atoms with Gasteiger partial charge in [0.15, 0.2) is 0 Å². The summed E-state index contributed by atoms with van der Waals surface area (Å²) >= 11 is 4.58. The van der Waals surface area contributed by atoms with Crippen molar-refractivity contribution < 1.29 is 14.7 Å². The van der Waals surface area contributed by atoms with Gasteiger partial charge in [0.25, 0.3) is 0 Å². The van der Waals surface area contributed by atoms with Crippen LogP contribution in [0.25, 0.3) is 0 Å². The molecule has 1 rings (SSSR count). The van der Waals surface area contributed by atoms with Crippen molar-refractivity contribution in [1.29, 1.82) is 0 Å². The molecule has 7 heteroatoms. The first-order valence-corrected chi connectivity index (χ1v) is 7.45. The number of aromatic carboxylic acids is 1. The predicted molar refractivity (Wildman–Crippen MR) is 79.5 cm³/mol.